The first kappa shape index (κ1) is 17.7. The second-order valence-electron chi connectivity index (χ2n) is 1.46. The molecule has 0 unspecified atom stereocenters. The monoisotopic (exact) mass is 202 g/mol. The molecule has 0 rings (SSSR count). The Bertz CT molecular complexity index is 161. The smallest absolute Gasteiger partial charge is 0.388 e. The minimum absolute atomic E-state index is 0. The van der Waals surface area contributed by atoms with Crippen LogP contribution >= 0.6 is 7.82 Å². The fraction of sp³-hybridized carbons (Fsp3) is 0.800. The number of hydrogen-bond acceptors (Lipinski definition) is 4. The Balaban J connectivity index is -0.000000405. The van der Waals surface area contributed by atoms with E-state index in [1.807, 2.05) is 0 Å². The largest absolute Gasteiger partial charge is 0.470 e. The third-order valence-corrected chi connectivity index (χ3v) is 1.04. The van der Waals surface area contributed by atoms with Gasteiger partial charge in [0.25, 0.3) is 0 Å². The van der Waals surface area contributed by atoms with Crippen LogP contribution in [0.1, 0.15) is 14.9 Å². The second-order valence-corrected chi connectivity index (χ2v) is 2.70. The molecule has 0 aromatic carbocycles. The lowest BCUT2D eigenvalue weighted by Crippen LogP contribution is -2.11. The number of hydrogen-bond donors (Lipinski definition) is 3. The van der Waals surface area contributed by atoms with E-state index in [2.05, 4.69) is 4.52 Å². The standard InChI is InChI=1S/C3H7O6P.2CH4/c4-1-3(5)2-9-10(6,7)8;;/h4H,1-2H2,(H2,6,7,8);2*1H4. The molecular weight excluding hydrogens is 187 g/mol. The highest BCUT2D eigenvalue weighted by atomic mass is 31.2. The van der Waals surface area contributed by atoms with E-state index < -0.39 is 26.8 Å². The topological polar surface area (TPSA) is 104 Å². The van der Waals surface area contributed by atoms with Crippen LogP contribution in [0.4, 0.5) is 0 Å². The van der Waals surface area contributed by atoms with E-state index in [4.69, 9.17) is 14.9 Å². The van der Waals surface area contributed by atoms with Gasteiger partial charge in [-0.05, 0) is 0 Å². The van der Waals surface area contributed by atoms with Crippen LogP contribution in [0.2, 0.25) is 0 Å². The van der Waals surface area contributed by atoms with Gasteiger partial charge in [-0.3, -0.25) is 9.32 Å². The number of ketones is 1. The van der Waals surface area contributed by atoms with Gasteiger partial charge in [0.15, 0.2) is 5.78 Å². The Morgan fingerprint density at radius 1 is 1.33 bits per heavy atom. The number of carbonyl (C=O) groups is 1. The summed E-state index contributed by atoms with van der Waals surface area (Å²) in [7, 11) is -4.56. The van der Waals surface area contributed by atoms with Crippen LogP contribution in [0.5, 0.6) is 0 Å². The molecule has 6 nitrogen and oxygen atoms in total. The lowest BCUT2D eigenvalue weighted by atomic mass is 10.5. The summed E-state index contributed by atoms with van der Waals surface area (Å²) in [6.07, 6.45) is 0. The van der Waals surface area contributed by atoms with E-state index in [0.717, 1.165) is 0 Å². The Hall–Kier alpha value is -0.260. The van der Waals surface area contributed by atoms with Gasteiger partial charge in [0.2, 0.25) is 0 Å². The maximum absolute atomic E-state index is 10.1. The van der Waals surface area contributed by atoms with Gasteiger partial charge in [0.05, 0.1) is 0 Å². The maximum atomic E-state index is 10.1. The average Bonchev–Trinajstić information content (AvgIpc) is 1.81. The Morgan fingerprint density at radius 2 is 1.75 bits per heavy atom. The molecule has 0 aliphatic heterocycles. The molecule has 0 aliphatic carbocycles. The molecule has 0 aliphatic rings. The van der Waals surface area contributed by atoms with Crippen molar-refractivity contribution in [3.8, 4) is 0 Å². The molecule has 0 heterocycles. The van der Waals surface area contributed by atoms with Gasteiger partial charge in [-0.25, -0.2) is 4.57 Å². The molecule has 0 fully saturated rings. The summed E-state index contributed by atoms with van der Waals surface area (Å²) in [5, 5.41) is 8.05. The molecule has 0 bridgehead atoms. The average molecular weight is 202 g/mol. The highest BCUT2D eigenvalue weighted by Crippen LogP contribution is 2.35. The van der Waals surface area contributed by atoms with Crippen LogP contribution in [0.3, 0.4) is 0 Å². The Labute approximate surface area is 71.4 Å². The van der Waals surface area contributed by atoms with E-state index in [-0.39, 0.29) is 14.9 Å². The quantitative estimate of drug-likeness (QED) is 0.551. The van der Waals surface area contributed by atoms with Crippen LogP contribution in [-0.2, 0) is 13.9 Å². The maximum Gasteiger partial charge on any atom is 0.470 e. The van der Waals surface area contributed by atoms with E-state index in [1.165, 1.54) is 0 Å². The molecule has 0 aromatic heterocycles. The molecular formula is C5H15O6P. The van der Waals surface area contributed by atoms with Crippen molar-refractivity contribution in [2.24, 2.45) is 0 Å². The molecule has 0 saturated carbocycles. The van der Waals surface area contributed by atoms with Gasteiger partial charge in [-0.1, -0.05) is 14.9 Å². The zero-order chi connectivity index (χ0) is 8.20. The molecule has 0 saturated heterocycles. The van der Waals surface area contributed by atoms with Crippen molar-refractivity contribution in [2.75, 3.05) is 13.2 Å². The zero-order valence-electron chi connectivity index (χ0n) is 4.93. The molecule has 0 radical (unpaired) electrons. The molecule has 0 spiro atoms. The number of carbonyl (C=O) groups excluding carboxylic acids is 1. The number of phosphoric ester groups is 1. The van der Waals surface area contributed by atoms with Crippen LogP contribution in [-0.4, -0.2) is 33.9 Å². The first-order chi connectivity index (χ1) is 4.45. The first-order valence-electron chi connectivity index (χ1n) is 2.28. The van der Waals surface area contributed by atoms with Gasteiger partial charge in [0.1, 0.15) is 13.2 Å². The van der Waals surface area contributed by atoms with Crippen molar-refractivity contribution in [1.29, 1.82) is 0 Å². The molecule has 0 atom stereocenters. The molecule has 7 heteroatoms. The fourth-order valence-electron chi connectivity index (χ4n) is 0.202. The summed E-state index contributed by atoms with van der Waals surface area (Å²) in [5.41, 5.74) is 0. The fourth-order valence-corrected chi connectivity index (χ4v) is 0.514. The summed E-state index contributed by atoms with van der Waals surface area (Å²) in [5.74, 6) is -0.775. The number of aliphatic hydroxyl groups is 1. The van der Waals surface area contributed by atoms with Gasteiger partial charge < -0.3 is 14.9 Å². The van der Waals surface area contributed by atoms with Crippen molar-refractivity contribution < 1.29 is 28.8 Å². The van der Waals surface area contributed by atoms with E-state index in [0.29, 0.717) is 0 Å². The predicted molar refractivity (Wildman–Crippen MR) is 43.6 cm³/mol. The SMILES string of the molecule is C.C.O=C(CO)COP(=O)(O)O. The van der Waals surface area contributed by atoms with Crippen LogP contribution < -0.4 is 0 Å². The van der Waals surface area contributed by atoms with Crippen molar-refractivity contribution in [2.45, 2.75) is 14.9 Å². The number of Topliss-reactive ketones (excluding diaryl/α,β-unsaturated/α-hetero) is 1. The summed E-state index contributed by atoms with van der Waals surface area (Å²) < 4.78 is 13.6. The minimum Gasteiger partial charge on any atom is -0.388 e. The molecule has 12 heavy (non-hydrogen) atoms. The number of aliphatic hydroxyl groups excluding tert-OH is 1. The zero-order valence-corrected chi connectivity index (χ0v) is 5.82. The molecule has 0 amide bonds. The van der Waals surface area contributed by atoms with E-state index in [9.17, 15) is 9.36 Å². The highest BCUT2D eigenvalue weighted by Gasteiger charge is 2.15. The Kier molecular flexibility index (Phi) is 10.9. The predicted octanol–water partition coefficient (Wildman–Crippen LogP) is -0.0707. The highest BCUT2D eigenvalue weighted by molar-refractivity contribution is 7.46. The van der Waals surface area contributed by atoms with Crippen LogP contribution in [0.25, 0.3) is 0 Å². The van der Waals surface area contributed by atoms with E-state index in [1.54, 1.807) is 0 Å². The molecule has 0 aromatic rings. The Morgan fingerprint density at radius 3 is 2.00 bits per heavy atom. The van der Waals surface area contributed by atoms with E-state index >= 15 is 0 Å². The van der Waals surface area contributed by atoms with Crippen LogP contribution in [0, 0.1) is 0 Å². The summed E-state index contributed by atoms with van der Waals surface area (Å²) in [6, 6.07) is 0. The number of rotatable bonds is 4. The van der Waals surface area contributed by atoms with Crippen molar-refractivity contribution in [3.05, 3.63) is 0 Å². The van der Waals surface area contributed by atoms with Gasteiger partial charge in [0, 0.05) is 0 Å². The van der Waals surface area contributed by atoms with Crippen molar-refractivity contribution in [3.63, 3.8) is 0 Å². The van der Waals surface area contributed by atoms with Crippen LogP contribution in [0.15, 0.2) is 0 Å². The van der Waals surface area contributed by atoms with Gasteiger partial charge in [-0.2, -0.15) is 0 Å². The third-order valence-electron chi connectivity index (χ3n) is 0.570. The van der Waals surface area contributed by atoms with Crippen molar-refractivity contribution in [1.82, 2.24) is 0 Å². The summed E-state index contributed by atoms with van der Waals surface area (Å²) >= 11 is 0. The minimum atomic E-state index is -4.56. The second kappa shape index (κ2) is 7.39. The normalized spacial score (nSPS) is 9.58. The lowest BCUT2D eigenvalue weighted by Gasteiger charge is -2.01. The van der Waals surface area contributed by atoms with Crippen molar-refractivity contribution >= 4 is 13.6 Å². The summed E-state index contributed by atoms with van der Waals surface area (Å²) in [4.78, 5) is 26.2. The van der Waals surface area contributed by atoms with Gasteiger partial charge >= 0.3 is 7.82 Å². The van der Waals surface area contributed by atoms with Gasteiger partial charge in [-0.15, -0.1) is 0 Å². The lowest BCUT2D eigenvalue weighted by molar-refractivity contribution is -0.124. The molecule has 3 N–H and O–H groups in total. The number of phosphoric acid groups is 1. The first-order valence-corrected chi connectivity index (χ1v) is 3.81. The molecule has 76 valence electrons. The summed E-state index contributed by atoms with van der Waals surface area (Å²) in [6.45, 7) is -1.54. The third kappa shape index (κ3) is 12.4.